The maximum absolute atomic E-state index is 6.34. The van der Waals surface area contributed by atoms with Crippen molar-refractivity contribution in [2.45, 2.75) is 52.5 Å². The van der Waals surface area contributed by atoms with Gasteiger partial charge in [0.15, 0.2) is 0 Å². The van der Waals surface area contributed by atoms with E-state index in [0.717, 1.165) is 42.0 Å². The van der Waals surface area contributed by atoms with Crippen molar-refractivity contribution in [3.63, 3.8) is 0 Å². The van der Waals surface area contributed by atoms with Crippen LogP contribution >= 0.6 is 11.6 Å². The molecule has 2 rings (SSSR count). The van der Waals surface area contributed by atoms with Gasteiger partial charge in [-0.05, 0) is 31.4 Å². The Hall–Kier alpha value is -1.22. The molecule has 2 atom stereocenters. The average Bonchev–Trinajstić information content (AvgIpc) is 2.84. The van der Waals surface area contributed by atoms with E-state index < -0.39 is 0 Å². The lowest BCUT2D eigenvalue weighted by Crippen LogP contribution is -2.10. The van der Waals surface area contributed by atoms with Crippen LogP contribution in [0.15, 0.2) is 18.2 Å². The van der Waals surface area contributed by atoms with Crippen LogP contribution in [0.4, 0.5) is 0 Å². The smallest absolute Gasteiger partial charge is 0.147 e. The Morgan fingerprint density at radius 3 is 2.67 bits per heavy atom. The second kappa shape index (κ2) is 7.17. The number of nitrogens with zero attached hydrogens (tertiary/aromatic N) is 2. The molecule has 4 heteroatoms. The Bertz CT molecular complexity index is 592. The maximum Gasteiger partial charge on any atom is 0.147 e. The third kappa shape index (κ3) is 3.52. The lowest BCUT2D eigenvalue weighted by Gasteiger charge is -2.14. The van der Waals surface area contributed by atoms with Crippen LogP contribution in [0.2, 0.25) is 0 Å². The van der Waals surface area contributed by atoms with E-state index in [1.165, 1.54) is 0 Å². The Morgan fingerprint density at radius 1 is 1.29 bits per heavy atom. The van der Waals surface area contributed by atoms with Gasteiger partial charge in [0.2, 0.25) is 0 Å². The van der Waals surface area contributed by atoms with E-state index in [4.69, 9.17) is 21.3 Å². The number of para-hydroxylation sites is 1. The number of imidazole rings is 1. The lowest BCUT2D eigenvalue weighted by atomic mass is 10.1. The van der Waals surface area contributed by atoms with Crippen molar-refractivity contribution < 1.29 is 4.74 Å². The minimum atomic E-state index is -0.111. The summed E-state index contributed by atoms with van der Waals surface area (Å²) in [6.45, 7) is 10.2. The molecule has 3 nitrogen and oxygen atoms in total. The molecule has 0 aliphatic heterocycles. The Labute approximate surface area is 132 Å². The molecule has 0 bridgehead atoms. The summed E-state index contributed by atoms with van der Waals surface area (Å²) in [6.07, 6.45) is 2.13. The van der Waals surface area contributed by atoms with Crippen LogP contribution in [-0.2, 0) is 6.54 Å². The first-order valence-electron chi connectivity index (χ1n) is 7.84. The summed E-state index contributed by atoms with van der Waals surface area (Å²) in [4.78, 5) is 4.76. The third-order valence-electron chi connectivity index (χ3n) is 3.78. The maximum atomic E-state index is 6.34. The predicted molar refractivity (Wildman–Crippen MR) is 89.2 cm³/mol. The summed E-state index contributed by atoms with van der Waals surface area (Å²) in [7, 11) is 0. The predicted octanol–water partition coefficient (Wildman–Crippen LogP) is 5.17. The first-order chi connectivity index (χ1) is 10.1. The van der Waals surface area contributed by atoms with E-state index in [9.17, 15) is 0 Å². The molecular weight excluding hydrogens is 284 g/mol. The minimum Gasteiger partial charge on any atom is -0.491 e. The van der Waals surface area contributed by atoms with E-state index in [0.29, 0.717) is 12.5 Å². The van der Waals surface area contributed by atoms with Crippen molar-refractivity contribution in [3.8, 4) is 5.75 Å². The number of ether oxygens (including phenoxy) is 1. The molecule has 0 saturated heterocycles. The molecule has 2 unspecified atom stereocenters. The van der Waals surface area contributed by atoms with Crippen LogP contribution in [0.3, 0.4) is 0 Å². The second-order valence-corrected chi connectivity index (χ2v) is 6.34. The number of benzene rings is 1. The zero-order valence-electron chi connectivity index (χ0n) is 13.4. The molecule has 0 amide bonds. The second-order valence-electron chi connectivity index (χ2n) is 5.68. The van der Waals surface area contributed by atoms with E-state index >= 15 is 0 Å². The third-order valence-corrected chi connectivity index (χ3v) is 3.98. The molecule has 1 aromatic carbocycles. The molecule has 2 aromatic rings. The number of alkyl halides is 1. The van der Waals surface area contributed by atoms with Crippen LogP contribution in [0.25, 0.3) is 11.0 Å². The van der Waals surface area contributed by atoms with Gasteiger partial charge in [-0.15, -0.1) is 11.6 Å². The monoisotopic (exact) mass is 308 g/mol. The number of hydrogen-bond acceptors (Lipinski definition) is 2. The van der Waals surface area contributed by atoms with Crippen LogP contribution < -0.4 is 4.74 Å². The summed E-state index contributed by atoms with van der Waals surface area (Å²) in [6, 6.07) is 6.12. The van der Waals surface area contributed by atoms with E-state index in [1.807, 2.05) is 19.1 Å². The Morgan fingerprint density at radius 2 is 2.05 bits per heavy atom. The fraction of sp³-hybridized carbons (Fsp3) is 0.588. The summed E-state index contributed by atoms with van der Waals surface area (Å²) in [5.74, 6) is 2.38. The fourth-order valence-electron chi connectivity index (χ4n) is 2.40. The molecule has 0 fully saturated rings. The first kappa shape index (κ1) is 16.2. The van der Waals surface area contributed by atoms with E-state index in [-0.39, 0.29) is 5.38 Å². The molecule has 116 valence electrons. The van der Waals surface area contributed by atoms with Crippen molar-refractivity contribution >= 4 is 22.6 Å². The molecular formula is C17H25ClN2O. The van der Waals surface area contributed by atoms with Crippen molar-refractivity contribution in [2.24, 2.45) is 5.92 Å². The van der Waals surface area contributed by atoms with Crippen molar-refractivity contribution in [3.05, 3.63) is 24.0 Å². The van der Waals surface area contributed by atoms with Gasteiger partial charge in [0, 0.05) is 6.54 Å². The summed E-state index contributed by atoms with van der Waals surface area (Å²) >= 11 is 6.34. The van der Waals surface area contributed by atoms with Gasteiger partial charge in [-0.25, -0.2) is 4.98 Å². The average molecular weight is 309 g/mol. The molecule has 21 heavy (non-hydrogen) atoms. The van der Waals surface area contributed by atoms with Crippen LogP contribution in [0, 0.1) is 5.92 Å². The normalized spacial score (nSPS) is 14.3. The van der Waals surface area contributed by atoms with Crippen LogP contribution in [0.1, 0.15) is 51.7 Å². The standard InChI is InChI=1S/C17H25ClN2O/c1-5-10-21-15-9-7-8-14-16(15)19-17(13(4)18)20(14)11-12(3)6-2/h7-9,12-13H,5-6,10-11H2,1-4H3. The van der Waals surface area contributed by atoms with Gasteiger partial charge in [0.1, 0.15) is 17.1 Å². The largest absolute Gasteiger partial charge is 0.491 e. The molecule has 1 aromatic heterocycles. The number of fused-ring (bicyclic) bond motifs is 1. The topological polar surface area (TPSA) is 27.1 Å². The zero-order valence-corrected chi connectivity index (χ0v) is 14.2. The minimum absolute atomic E-state index is 0.111. The van der Waals surface area contributed by atoms with E-state index in [1.54, 1.807) is 0 Å². The quantitative estimate of drug-likeness (QED) is 0.660. The molecule has 0 aliphatic rings. The number of halogens is 1. The molecule has 1 heterocycles. The Kier molecular flexibility index (Phi) is 5.51. The van der Waals surface area contributed by atoms with Gasteiger partial charge in [-0.2, -0.15) is 0 Å². The highest BCUT2D eigenvalue weighted by Crippen LogP contribution is 2.31. The summed E-state index contributed by atoms with van der Waals surface area (Å²) in [5.41, 5.74) is 2.04. The van der Waals surface area contributed by atoms with Gasteiger partial charge >= 0.3 is 0 Å². The zero-order chi connectivity index (χ0) is 15.4. The van der Waals surface area contributed by atoms with Gasteiger partial charge < -0.3 is 9.30 Å². The van der Waals surface area contributed by atoms with Gasteiger partial charge in [-0.1, -0.05) is 33.3 Å². The van der Waals surface area contributed by atoms with Gasteiger partial charge in [-0.3, -0.25) is 0 Å². The lowest BCUT2D eigenvalue weighted by molar-refractivity contribution is 0.320. The highest BCUT2D eigenvalue weighted by atomic mass is 35.5. The summed E-state index contributed by atoms with van der Waals surface area (Å²) in [5, 5.41) is -0.111. The molecule has 0 spiro atoms. The number of hydrogen-bond donors (Lipinski definition) is 0. The highest BCUT2D eigenvalue weighted by molar-refractivity contribution is 6.20. The van der Waals surface area contributed by atoms with E-state index in [2.05, 4.69) is 31.4 Å². The molecule has 0 radical (unpaired) electrons. The SMILES string of the molecule is CCCOc1cccc2c1nc(C(C)Cl)n2CC(C)CC. The Balaban J connectivity index is 2.51. The first-order valence-corrected chi connectivity index (χ1v) is 8.28. The molecule has 0 aliphatic carbocycles. The molecule has 0 N–H and O–H groups in total. The molecule has 0 saturated carbocycles. The van der Waals surface area contributed by atoms with Crippen LogP contribution in [-0.4, -0.2) is 16.2 Å². The van der Waals surface area contributed by atoms with Gasteiger partial charge in [0.05, 0.1) is 17.5 Å². The van der Waals surface area contributed by atoms with Crippen molar-refractivity contribution in [1.29, 1.82) is 0 Å². The van der Waals surface area contributed by atoms with Gasteiger partial charge in [0.25, 0.3) is 0 Å². The fourth-order valence-corrected chi connectivity index (χ4v) is 2.57. The number of rotatable bonds is 7. The van der Waals surface area contributed by atoms with Crippen molar-refractivity contribution in [2.75, 3.05) is 6.61 Å². The van der Waals surface area contributed by atoms with Crippen molar-refractivity contribution in [1.82, 2.24) is 9.55 Å². The van der Waals surface area contributed by atoms with Crippen LogP contribution in [0.5, 0.6) is 5.75 Å². The summed E-state index contributed by atoms with van der Waals surface area (Å²) < 4.78 is 8.08. The highest BCUT2D eigenvalue weighted by Gasteiger charge is 2.18. The number of aromatic nitrogens is 2.